The first-order valence-corrected chi connectivity index (χ1v) is 12.9. The molecule has 1 aliphatic rings. The van der Waals surface area contributed by atoms with E-state index in [1.54, 1.807) is 13.8 Å². The molecular weight excluding hydrogens is 510 g/mol. The van der Waals surface area contributed by atoms with Crippen LogP contribution in [-0.4, -0.2) is 32.0 Å². The lowest BCUT2D eigenvalue weighted by Crippen LogP contribution is -2.53. The molecule has 0 fully saturated rings. The maximum absolute atomic E-state index is 13.1. The molecule has 0 atom stereocenters. The summed E-state index contributed by atoms with van der Waals surface area (Å²) in [5, 5.41) is 0. The largest absolute Gasteiger partial charge is 0.336 e. The average molecular weight is 544 g/mol. The summed E-state index contributed by atoms with van der Waals surface area (Å²) in [6.45, 7) is 3.79. The van der Waals surface area contributed by atoms with Gasteiger partial charge < -0.3 is 0 Å². The summed E-state index contributed by atoms with van der Waals surface area (Å²) in [5.41, 5.74) is -2.84. The van der Waals surface area contributed by atoms with Crippen molar-refractivity contribution in [2.75, 3.05) is 0 Å². The fourth-order valence-corrected chi connectivity index (χ4v) is 5.19. The SMILES string of the molecule is Cc1c2c(=O)n(C)c(=O)n1CCCCn1c(=O)n(C)c(=O)n(c1=O)CCCCn1c(C)c(c(=O)n(C)c1=O)C2. The van der Waals surface area contributed by atoms with Crippen LogP contribution in [0.2, 0.25) is 0 Å². The maximum atomic E-state index is 13.1. The number of aromatic nitrogens is 7. The van der Waals surface area contributed by atoms with Crippen LogP contribution in [0.3, 0.4) is 0 Å². The highest BCUT2D eigenvalue weighted by Gasteiger charge is 2.21. The molecule has 4 heterocycles. The Morgan fingerprint density at radius 1 is 0.436 bits per heavy atom. The van der Waals surface area contributed by atoms with Gasteiger partial charge in [-0.2, -0.15) is 0 Å². The summed E-state index contributed by atoms with van der Waals surface area (Å²) in [6, 6.07) is 0. The number of rotatable bonds is 0. The number of hydrogen-bond donors (Lipinski definition) is 0. The van der Waals surface area contributed by atoms with E-state index in [-0.39, 0.29) is 43.7 Å². The van der Waals surface area contributed by atoms with Gasteiger partial charge in [0.2, 0.25) is 0 Å². The van der Waals surface area contributed by atoms with E-state index in [1.807, 2.05) is 0 Å². The van der Waals surface area contributed by atoms with Crippen LogP contribution in [0.5, 0.6) is 0 Å². The Morgan fingerprint density at radius 3 is 1.10 bits per heavy atom. The molecule has 0 N–H and O–H groups in total. The Bertz CT molecular complexity index is 1760. The Morgan fingerprint density at radius 2 is 0.744 bits per heavy atom. The van der Waals surface area contributed by atoms with Crippen LogP contribution in [0, 0.1) is 13.8 Å². The zero-order valence-corrected chi connectivity index (χ0v) is 22.9. The molecule has 0 aromatic carbocycles. The topological polar surface area (TPSA) is 154 Å². The van der Waals surface area contributed by atoms with Crippen LogP contribution in [-0.2, 0) is 53.7 Å². The zero-order chi connectivity index (χ0) is 28.8. The third kappa shape index (κ3) is 4.63. The van der Waals surface area contributed by atoms with E-state index in [9.17, 15) is 33.6 Å². The molecule has 0 saturated carbocycles. The predicted octanol–water partition coefficient (Wildman–Crippen LogP) is -2.09. The van der Waals surface area contributed by atoms with Crippen LogP contribution < -0.4 is 39.6 Å². The van der Waals surface area contributed by atoms with Crippen molar-refractivity contribution < 1.29 is 0 Å². The predicted molar refractivity (Wildman–Crippen MR) is 143 cm³/mol. The summed E-state index contributed by atoms with van der Waals surface area (Å²) in [7, 11) is 4.05. The number of fused-ring (bicyclic) bond motifs is 6. The Labute approximate surface area is 221 Å². The highest BCUT2D eigenvalue weighted by Crippen LogP contribution is 2.11. The highest BCUT2D eigenvalue weighted by molar-refractivity contribution is 5.28. The van der Waals surface area contributed by atoms with Crippen molar-refractivity contribution in [2.24, 2.45) is 21.1 Å². The number of nitrogens with zero attached hydrogens (tertiary/aromatic N) is 7. The molecule has 0 radical (unpaired) electrons. The van der Waals surface area contributed by atoms with E-state index in [4.69, 9.17) is 0 Å². The third-order valence-electron chi connectivity index (χ3n) is 7.72. The standard InChI is InChI=1S/C25H33N7O7/c1-15-17-14-18-16(2)30(22(36)27(4)20(18)34)11-7-9-13-32-24(38)28(5)23(37)31(25(32)39)12-8-6-10-29(15)21(35)26(3)19(17)33/h6-14H2,1-5H3. The molecule has 39 heavy (non-hydrogen) atoms. The van der Waals surface area contributed by atoms with Gasteiger partial charge in [-0.1, -0.05) is 0 Å². The third-order valence-corrected chi connectivity index (χ3v) is 7.72. The molecule has 0 spiro atoms. The Hall–Kier alpha value is -4.23. The van der Waals surface area contributed by atoms with Gasteiger partial charge in [-0.15, -0.1) is 0 Å². The van der Waals surface area contributed by atoms with E-state index >= 15 is 0 Å². The molecule has 6 bridgehead atoms. The van der Waals surface area contributed by atoms with Crippen LogP contribution in [0.1, 0.15) is 48.2 Å². The fraction of sp³-hybridized carbons (Fsp3) is 0.560. The van der Waals surface area contributed by atoms with E-state index in [0.717, 1.165) is 22.8 Å². The smallest absolute Gasteiger partial charge is 0.298 e. The molecule has 14 heteroatoms. The monoisotopic (exact) mass is 543 g/mol. The molecule has 1 aliphatic heterocycles. The molecule has 210 valence electrons. The lowest BCUT2D eigenvalue weighted by atomic mass is 10.0. The van der Waals surface area contributed by atoms with Gasteiger partial charge in [-0.25, -0.2) is 37.7 Å². The minimum atomic E-state index is -0.715. The first-order valence-electron chi connectivity index (χ1n) is 12.9. The first kappa shape index (κ1) is 27.8. The van der Waals surface area contributed by atoms with Gasteiger partial charge in [0.15, 0.2) is 0 Å². The zero-order valence-electron chi connectivity index (χ0n) is 22.9. The van der Waals surface area contributed by atoms with Crippen LogP contribution >= 0.6 is 0 Å². The van der Waals surface area contributed by atoms with Crippen LogP contribution in [0.15, 0.2) is 33.6 Å². The van der Waals surface area contributed by atoms with E-state index in [0.29, 0.717) is 37.1 Å². The van der Waals surface area contributed by atoms with Crippen LogP contribution in [0.4, 0.5) is 0 Å². The van der Waals surface area contributed by atoms with Crippen LogP contribution in [0.25, 0.3) is 0 Å². The minimum Gasteiger partial charge on any atom is -0.298 e. The van der Waals surface area contributed by atoms with Gasteiger partial charge in [0.05, 0.1) is 0 Å². The maximum Gasteiger partial charge on any atom is 0.336 e. The van der Waals surface area contributed by atoms with E-state index in [2.05, 4.69) is 0 Å². The molecule has 0 unspecified atom stereocenters. The molecule has 0 amide bonds. The molecule has 3 aromatic rings. The average Bonchev–Trinajstić information content (AvgIpc) is 2.91. The van der Waals surface area contributed by atoms with Crippen molar-refractivity contribution >= 4 is 0 Å². The summed E-state index contributed by atoms with van der Waals surface area (Å²) in [4.78, 5) is 90.6. The summed E-state index contributed by atoms with van der Waals surface area (Å²) in [5.74, 6) is 0. The second kappa shape index (κ2) is 10.5. The Balaban J connectivity index is 1.92. The van der Waals surface area contributed by atoms with Gasteiger partial charge in [-0.05, 0) is 39.5 Å². The lowest BCUT2D eigenvalue weighted by Gasteiger charge is -2.19. The molecular formula is C25H33N7O7. The van der Waals surface area contributed by atoms with Crippen molar-refractivity contribution in [3.05, 3.63) is 95.6 Å². The van der Waals surface area contributed by atoms with E-state index in [1.165, 1.54) is 30.3 Å². The fourth-order valence-electron chi connectivity index (χ4n) is 5.19. The van der Waals surface area contributed by atoms with E-state index < -0.39 is 39.6 Å². The molecule has 0 aliphatic carbocycles. The van der Waals surface area contributed by atoms with Crippen molar-refractivity contribution in [3.63, 3.8) is 0 Å². The van der Waals surface area contributed by atoms with Gasteiger partial charge in [0.1, 0.15) is 0 Å². The second-order valence-corrected chi connectivity index (χ2v) is 10.0. The van der Waals surface area contributed by atoms with Crippen molar-refractivity contribution in [3.8, 4) is 0 Å². The quantitative estimate of drug-likeness (QED) is 0.315. The van der Waals surface area contributed by atoms with Crippen molar-refractivity contribution in [1.29, 1.82) is 0 Å². The molecule has 4 rings (SSSR count). The van der Waals surface area contributed by atoms with Gasteiger partial charge in [-0.3, -0.25) is 27.9 Å². The Kier molecular flexibility index (Phi) is 7.48. The summed E-state index contributed by atoms with van der Waals surface area (Å²) in [6.07, 6.45) is 1.48. The first-order chi connectivity index (χ1) is 18.4. The molecule has 0 saturated heterocycles. The molecule has 3 aromatic heterocycles. The normalized spacial score (nSPS) is 14.6. The number of hydrogen-bond acceptors (Lipinski definition) is 7. The van der Waals surface area contributed by atoms with Crippen molar-refractivity contribution in [1.82, 2.24) is 32.0 Å². The lowest BCUT2D eigenvalue weighted by molar-refractivity contribution is 0.427. The van der Waals surface area contributed by atoms with Crippen molar-refractivity contribution in [2.45, 2.75) is 72.1 Å². The second-order valence-electron chi connectivity index (χ2n) is 10.0. The summed E-state index contributed by atoms with van der Waals surface area (Å²) < 4.78 is 7.79. The summed E-state index contributed by atoms with van der Waals surface area (Å²) >= 11 is 0. The van der Waals surface area contributed by atoms with Gasteiger partial charge in [0, 0.05) is 76.3 Å². The van der Waals surface area contributed by atoms with Gasteiger partial charge >= 0.3 is 28.4 Å². The minimum absolute atomic E-state index is 0.0490. The highest BCUT2D eigenvalue weighted by atomic mass is 16.2. The van der Waals surface area contributed by atoms with Gasteiger partial charge in [0.25, 0.3) is 11.1 Å². The molecule has 14 nitrogen and oxygen atoms in total.